The zero-order valence-corrected chi connectivity index (χ0v) is 19.2. The first-order valence-electron chi connectivity index (χ1n) is 10.6. The number of ether oxygens (including phenoxy) is 1. The number of thioether (sulfide) groups is 1. The van der Waals surface area contributed by atoms with Crippen LogP contribution in [0, 0.1) is 13.8 Å². The molecule has 6 nitrogen and oxygen atoms in total. The molecule has 3 aromatic rings. The Balaban J connectivity index is 1.56. The van der Waals surface area contributed by atoms with E-state index in [4.69, 9.17) is 14.7 Å². The second-order valence-corrected chi connectivity index (χ2v) is 9.18. The van der Waals surface area contributed by atoms with Gasteiger partial charge in [0, 0.05) is 18.8 Å². The summed E-state index contributed by atoms with van der Waals surface area (Å²) in [7, 11) is 0. The second-order valence-electron chi connectivity index (χ2n) is 8.22. The molecule has 1 aliphatic heterocycles. The van der Waals surface area contributed by atoms with Crippen LogP contribution in [-0.2, 0) is 9.53 Å². The van der Waals surface area contributed by atoms with Gasteiger partial charge < -0.3 is 15.0 Å². The first-order chi connectivity index (χ1) is 14.9. The number of carbonyl (C=O) groups excluding carboxylic acids is 1. The summed E-state index contributed by atoms with van der Waals surface area (Å²) in [5.41, 5.74) is 4.76. The van der Waals surface area contributed by atoms with E-state index in [1.165, 1.54) is 11.8 Å². The highest BCUT2D eigenvalue weighted by atomic mass is 32.2. The number of amides is 1. The van der Waals surface area contributed by atoms with Crippen molar-refractivity contribution in [1.82, 2.24) is 9.97 Å². The number of fused-ring (bicyclic) bond motifs is 1. The highest BCUT2D eigenvalue weighted by Crippen LogP contribution is 2.31. The molecule has 7 heteroatoms. The molecule has 1 saturated heterocycles. The Morgan fingerprint density at radius 3 is 2.32 bits per heavy atom. The minimum atomic E-state index is -0.0559. The van der Waals surface area contributed by atoms with Crippen molar-refractivity contribution >= 4 is 40.2 Å². The van der Waals surface area contributed by atoms with Crippen molar-refractivity contribution in [2.24, 2.45) is 0 Å². The molecule has 0 bridgehead atoms. The zero-order valence-electron chi connectivity index (χ0n) is 18.4. The minimum absolute atomic E-state index is 0.0559. The molecule has 1 amide bonds. The van der Waals surface area contributed by atoms with Gasteiger partial charge in [0.25, 0.3) is 0 Å². The van der Waals surface area contributed by atoms with Crippen LogP contribution in [0.4, 0.5) is 11.5 Å². The van der Waals surface area contributed by atoms with E-state index in [9.17, 15) is 4.79 Å². The number of anilines is 2. The Morgan fingerprint density at radius 2 is 1.68 bits per heavy atom. The normalized spacial score (nSPS) is 18.9. The maximum atomic E-state index is 12.6. The molecule has 0 spiro atoms. The Morgan fingerprint density at radius 1 is 1.06 bits per heavy atom. The predicted octanol–water partition coefficient (Wildman–Crippen LogP) is 4.59. The lowest BCUT2D eigenvalue weighted by molar-refractivity contribution is -0.113. The van der Waals surface area contributed by atoms with Crippen molar-refractivity contribution < 1.29 is 9.53 Å². The lowest BCUT2D eigenvalue weighted by atomic mass is 10.1. The molecule has 1 aromatic heterocycles. The third kappa shape index (κ3) is 5.35. The fraction of sp³-hybridized carbons (Fsp3) is 0.375. The lowest BCUT2D eigenvalue weighted by Gasteiger charge is -2.36. The van der Waals surface area contributed by atoms with Crippen LogP contribution in [-0.4, -0.2) is 46.9 Å². The molecule has 162 valence electrons. The number of benzene rings is 2. The summed E-state index contributed by atoms with van der Waals surface area (Å²) in [5, 5.41) is 3.78. The van der Waals surface area contributed by atoms with Gasteiger partial charge >= 0.3 is 0 Å². The van der Waals surface area contributed by atoms with Gasteiger partial charge in [-0.2, -0.15) is 0 Å². The van der Waals surface area contributed by atoms with E-state index in [0.29, 0.717) is 0 Å². The van der Waals surface area contributed by atoms with Gasteiger partial charge in [-0.05, 0) is 63.1 Å². The molecule has 0 radical (unpaired) electrons. The van der Waals surface area contributed by atoms with Gasteiger partial charge in [0.1, 0.15) is 5.03 Å². The molecule has 1 fully saturated rings. The average Bonchev–Trinajstić information content (AvgIpc) is 2.70. The van der Waals surface area contributed by atoms with Crippen molar-refractivity contribution in [3.63, 3.8) is 0 Å². The summed E-state index contributed by atoms with van der Waals surface area (Å²) in [5.74, 6) is 1.03. The third-order valence-electron chi connectivity index (χ3n) is 5.09. The Bertz CT molecular complexity index is 1070. The summed E-state index contributed by atoms with van der Waals surface area (Å²) in [6.45, 7) is 9.69. The van der Waals surface area contributed by atoms with Gasteiger partial charge in [-0.25, -0.2) is 9.97 Å². The van der Waals surface area contributed by atoms with E-state index in [2.05, 4.69) is 30.1 Å². The van der Waals surface area contributed by atoms with Crippen molar-refractivity contribution in [3.05, 3.63) is 53.6 Å². The van der Waals surface area contributed by atoms with Crippen LogP contribution >= 0.6 is 11.8 Å². The van der Waals surface area contributed by atoms with E-state index in [1.807, 2.05) is 50.2 Å². The number of morpholine rings is 1. The predicted molar refractivity (Wildman–Crippen MR) is 127 cm³/mol. The molecule has 2 heterocycles. The summed E-state index contributed by atoms with van der Waals surface area (Å²) < 4.78 is 5.89. The SMILES string of the molecule is Cc1cc(C)cc(NC(=O)CSc2nc3ccccc3nc2N2C[C@@H](C)O[C@H](C)C2)c1. The summed E-state index contributed by atoms with van der Waals surface area (Å²) in [6.07, 6.45) is 0.227. The molecule has 1 aliphatic rings. The fourth-order valence-corrected chi connectivity index (χ4v) is 4.81. The molecule has 0 unspecified atom stereocenters. The Kier molecular flexibility index (Phi) is 6.43. The van der Waals surface area contributed by atoms with Gasteiger partial charge in [-0.1, -0.05) is 30.0 Å². The van der Waals surface area contributed by atoms with Crippen LogP contribution in [0.3, 0.4) is 0 Å². The number of hydrogen-bond donors (Lipinski definition) is 1. The fourth-order valence-electron chi connectivity index (χ4n) is 4.01. The van der Waals surface area contributed by atoms with Gasteiger partial charge in [0.2, 0.25) is 5.91 Å². The first-order valence-corrected chi connectivity index (χ1v) is 11.5. The lowest BCUT2D eigenvalue weighted by Crippen LogP contribution is -2.46. The molecule has 0 aliphatic carbocycles. The highest BCUT2D eigenvalue weighted by Gasteiger charge is 2.26. The number of carbonyl (C=O) groups is 1. The molecule has 31 heavy (non-hydrogen) atoms. The average molecular weight is 437 g/mol. The molecule has 0 saturated carbocycles. The van der Waals surface area contributed by atoms with Crippen LogP contribution in [0.25, 0.3) is 11.0 Å². The Labute approximate surface area is 187 Å². The van der Waals surface area contributed by atoms with E-state index in [-0.39, 0.29) is 23.9 Å². The summed E-state index contributed by atoms with van der Waals surface area (Å²) >= 11 is 1.43. The number of aromatic nitrogens is 2. The molecule has 4 rings (SSSR count). The number of hydrogen-bond acceptors (Lipinski definition) is 6. The van der Waals surface area contributed by atoms with Crippen LogP contribution in [0.5, 0.6) is 0 Å². The van der Waals surface area contributed by atoms with E-state index in [1.54, 1.807) is 0 Å². The van der Waals surface area contributed by atoms with Crippen LogP contribution < -0.4 is 10.2 Å². The Hall–Kier alpha value is -2.64. The molecular weight excluding hydrogens is 408 g/mol. The first kappa shape index (κ1) is 21.6. The zero-order chi connectivity index (χ0) is 22.0. The maximum absolute atomic E-state index is 12.6. The second kappa shape index (κ2) is 9.24. The number of aryl methyl sites for hydroxylation is 2. The highest BCUT2D eigenvalue weighted by molar-refractivity contribution is 8.00. The van der Waals surface area contributed by atoms with Gasteiger partial charge in [-0.3, -0.25) is 4.79 Å². The summed E-state index contributed by atoms with van der Waals surface area (Å²) in [4.78, 5) is 24.6. The summed E-state index contributed by atoms with van der Waals surface area (Å²) in [6, 6.07) is 13.9. The molecule has 2 atom stereocenters. The van der Waals surface area contributed by atoms with E-state index >= 15 is 0 Å². The molecular formula is C24H28N4O2S. The standard InChI is InChI=1S/C24H28N4O2S/c1-15-9-16(2)11-19(10-15)25-22(29)14-31-24-23(28-12-17(3)30-18(4)13-28)26-20-7-5-6-8-21(20)27-24/h5-11,17-18H,12-14H2,1-4H3,(H,25,29)/t17-,18-/m1/s1. The number of para-hydroxylation sites is 2. The quantitative estimate of drug-likeness (QED) is 0.590. The smallest absolute Gasteiger partial charge is 0.234 e. The maximum Gasteiger partial charge on any atom is 0.234 e. The minimum Gasteiger partial charge on any atom is -0.372 e. The monoisotopic (exact) mass is 436 g/mol. The number of nitrogens with one attached hydrogen (secondary N) is 1. The van der Waals surface area contributed by atoms with Crippen molar-refractivity contribution in [3.8, 4) is 0 Å². The van der Waals surface area contributed by atoms with Crippen LogP contribution in [0.1, 0.15) is 25.0 Å². The van der Waals surface area contributed by atoms with Crippen molar-refractivity contribution in [2.75, 3.05) is 29.1 Å². The third-order valence-corrected chi connectivity index (χ3v) is 6.04. The van der Waals surface area contributed by atoms with Gasteiger partial charge in [0.15, 0.2) is 5.82 Å². The van der Waals surface area contributed by atoms with Crippen molar-refractivity contribution in [2.45, 2.75) is 44.9 Å². The van der Waals surface area contributed by atoms with E-state index in [0.717, 1.165) is 51.8 Å². The van der Waals surface area contributed by atoms with Crippen LogP contribution in [0.2, 0.25) is 0 Å². The largest absolute Gasteiger partial charge is 0.372 e. The molecule has 1 N–H and O–H groups in total. The van der Waals surface area contributed by atoms with Crippen molar-refractivity contribution in [1.29, 1.82) is 0 Å². The van der Waals surface area contributed by atoms with Gasteiger partial charge in [-0.15, -0.1) is 0 Å². The number of nitrogens with zero attached hydrogens (tertiary/aromatic N) is 3. The number of rotatable bonds is 5. The topological polar surface area (TPSA) is 67.4 Å². The van der Waals surface area contributed by atoms with Crippen LogP contribution in [0.15, 0.2) is 47.5 Å². The van der Waals surface area contributed by atoms with E-state index < -0.39 is 0 Å². The molecule has 2 aromatic carbocycles. The van der Waals surface area contributed by atoms with Gasteiger partial charge in [0.05, 0.1) is 29.0 Å².